The van der Waals surface area contributed by atoms with Crippen LogP contribution < -0.4 is 0 Å². The van der Waals surface area contributed by atoms with Gasteiger partial charge in [0.1, 0.15) is 6.61 Å². The van der Waals surface area contributed by atoms with Crippen LogP contribution >= 0.6 is 0 Å². The maximum atomic E-state index is 10.3. The second-order valence-electron chi connectivity index (χ2n) is 7.99. The van der Waals surface area contributed by atoms with Gasteiger partial charge in [-0.25, -0.2) is 0 Å². The number of allylic oxidation sites excluding steroid dienone is 1. The van der Waals surface area contributed by atoms with Crippen LogP contribution in [-0.4, -0.2) is 24.8 Å². The summed E-state index contributed by atoms with van der Waals surface area (Å²) in [5, 5.41) is 0. The van der Waals surface area contributed by atoms with Crippen LogP contribution in [0.3, 0.4) is 0 Å². The molecule has 0 radical (unpaired) electrons. The van der Waals surface area contributed by atoms with E-state index in [1.165, 1.54) is 30.4 Å². The molecule has 0 aromatic rings. The molecule has 2 aliphatic carbocycles. The lowest BCUT2D eigenvalue weighted by Gasteiger charge is -2.50. The van der Waals surface area contributed by atoms with Crippen LogP contribution in [-0.2, 0) is 14.3 Å². The smallest absolute Gasteiger partial charge is 0.293 e. The molecule has 0 spiro atoms. The van der Waals surface area contributed by atoms with Gasteiger partial charge in [0, 0.05) is 0 Å². The summed E-state index contributed by atoms with van der Waals surface area (Å²) in [5.41, 5.74) is 2.67. The molecule has 128 valence electrons. The molecule has 0 amide bonds. The zero-order valence-corrected chi connectivity index (χ0v) is 14.7. The Balaban J connectivity index is 1.74. The van der Waals surface area contributed by atoms with Crippen molar-refractivity contribution in [1.82, 2.24) is 0 Å². The number of carbonyl (C=O) groups excluding carboxylic acids is 1. The van der Waals surface area contributed by atoms with Crippen molar-refractivity contribution in [2.75, 3.05) is 6.61 Å². The number of carbonyl (C=O) groups is 1. The van der Waals surface area contributed by atoms with E-state index in [0.29, 0.717) is 24.9 Å². The van der Waals surface area contributed by atoms with Gasteiger partial charge in [-0.05, 0) is 81.3 Å². The van der Waals surface area contributed by atoms with Gasteiger partial charge in [-0.2, -0.15) is 0 Å². The van der Waals surface area contributed by atoms with E-state index in [1.807, 2.05) is 6.08 Å². The van der Waals surface area contributed by atoms with Crippen molar-refractivity contribution in [1.29, 1.82) is 0 Å². The molecule has 1 aliphatic heterocycles. The van der Waals surface area contributed by atoms with Crippen molar-refractivity contribution >= 4 is 6.47 Å². The van der Waals surface area contributed by atoms with Crippen LogP contribution in [0.2, 0.25) is 0 Å². The molecule has 6 unspecified atom stereocenters. The summed E-state index contributed by atoms with van der Waals surface area (Å²) >= 11 is 0. The first-order valence-corrected chi connectivity index (χ1v) is 9.03. The number of rotatable bonds is 4. The number of hydrogen-bond acceptors (Lipinski definition) is 3. The Morgan fingerprint density at radius 2 is 2.22 bits per heavy atom. The third-order valence-electron chi connectivity index (χ3n) is 6.87. The van der Waals surface area contributed by atoms with E-state index < -0.39 is 0 Å². The quantitative estimate of drug-likeness (QED) is 0.441. The Labute approximate surface area is 140 Å². The minimum atomic E-state index is 0.0187. The molecule has 6 atom stereocenters. The average molecular weight is 318 g/mol. The zero-order valence-electron chi connectivity index (χ0n) is 14.7. The summed E-state index contributed by atoms with van der Waals surface area (Å²) in [6.45, 7) is 11.9. The third-order valence-corrected chi connectivity index (χ3v) is 6.87. The highest BCUT2D eigenvalue weighted by Gasteiger charge is 2.54. The van der Waals surface area contributed by atoms with Gasteiger partial charge in [0.25, 0.3) is 6.47 Å². The second kappa shape index (κ2) is 6.43. The molecule has 0 aromatic heterocycles. The minimum absolute atomic E-state index is 0.0187. The molecule has 0 bridgehead atoms. The van der Waals surface area contributed by atoms with Crippen molar-refractivity contribution in [2.45, 2.75) is 64.6 Å². The van der Waals surface area contributed by atoms with Gasteiger partial charge in [0.15, 0.2) is 0 Å². The molecular weight excluding hydrogens is 288 g/mol. The Morgan fingerprint density at radius 1 is 1.43 bits per heavy atom. The standard InChI is InChI=1S/C20H30O3/c1-13-5-6-17-16(15(13)3)7-9-20(4)18(17)11-19(23-20)14(2)8-10-22-12-21/h8,12,15-19H,1,5-7,9-11H2,2-4H3/b14-8+. The van der Waals surface area contributed by atoms with E-state index in [4.69, 9.17) is 9.47 Å². The number of ether oxygens (including phenoxy) is 2. The highest BCUT2D eigenvalue weighted by atomic mass is 16.5. The van der Waals surface area contributed by atoms with E-state index in [-0.39, 0.29) is 11.7 Å². The fraction of sp³-hybridized carbons (Fsp3) is 0.750. The van der Waals surface area contributed by atoms with E-state index in [1.54, 1.807) is 0 Å². The summed E-state index contributed by atoms with van der Waals surface area (Å²) in [6.07, 6.45) is 8.16. The molecule has 2 saturated carbocycles. The summed E-state index contributed by atoms with van der Waals surface area (Å²) in [5.74, 6) is 2.88. The molecule has 0 N–H and O–H groups in total. The molecule has 0 aromatic carbocycles. The average Bonchev–Trinajstić information content (AvgIpc) is 2.89. The predicted molar refractivity (Wildman–Crippen MR) is 90.9 cm³/mol. The fourth-order valence-electron chi connectivity index (χ4n) is 5.33. The SMILES string of the molecule is C=C1CCC2C(CCC3(C)OC(/C(C)=C/COC=O)CC23)C1C. The van der Waals surface area contributed by atoms with Crippen LogP contribution in [0.4, 0.5) is 0 Å². The van der Waals surface area contributed by atoms with Crippen molar-refractivity contribution in [3.05, 3.63) is 23.8 Å². The maximum absolute atomic E-state index is 10.3. The molecule has 3 rings (SSSR count). The normalized spacial score (nSPS) is 43.7. The minimum Gasteiger partial charge on any atom is -0.464 e. The van der Waals surface area contributed by atoms with Gasteiger partial charge >= 0.3 is 0 Å². The largest absolute Gasteiger partial charge is 0.464 e. The molecular formula is C20H30O3. The number of fused-ring (bicyclic) bond motifs is 3. The van der Waals surface area contributed by atoms with E-state index in [2.05, 4.69) is 27.4 Å². The molecule has 1 heterocycles. The van der Waals surface area contributed by atoms with Gasteiger partial charge < -0.3 is 9.47 Å². The van der Waals surface area contributed by atoms with Gasteiger partial charge in [-0.1, -0.05) is 19.1 Å². The lowest BCUT2D eigenvalue weighted by atomic mass is 9.56. The summed E-state index contributed by atoms with van der Waals surface area (Å²) < 4.78 is 11.3. The lowest BCUT2D eigenvalue weighted by molar-refractivity contribution is -0.127. The van der Waals surface area contributed by atoms with Crippen LogP contribution in [0.25, 0.3) is 0 Å². The molecule has 3 fully saturated rings. The Hall–Kier alpha value is -1.09. The van der Waals surface area contributed by atoms with E-state index >= 15 is 0 Å². The Morgan fingerprint density at radius 3 is 2.96 bits per heavy atom. The Kier molecular flexibility index (Phi) is 4.68. The van der Waals surface area contributed by atoms with Gasteiger partial charge in [0.2, 0.25) is 0 Å². The van der Waals surface area contributed by atoms with Crippen molar-refractivity contribution in [2.24, 2.45) is 23.7 Å². The fourth-order valence-corrected chi connectivity index (χ4v) is 5.33. The van der Waals surface area contributed by atoms with E-state index in [9.17, 15) is 4.79 Å². The van der Waals surface area contributed by atoms with Crippen LogP contribution in [0.1, 0.15) is 52.9 Å². The van der Waals surface area contributed by atoms with Gasteiger partial charge in [0.05, 0.1) is 11.7 Å². The summed E-state index contributed by atoms with van der Waals surface area (Å²) in [4.78, 5) is 10.3. The highest BCUT2D eigenvalue weighted by molar-refractivity contribution is 5.37. The van der Waals surface area contributed by atoms with Crippen LogP contribution in [0.15, 0.2) is 23.8 Å². The van der Waals surface area contributed by atoms with Crippen LogP contribution in [0.5, 0.6) is 0 Å². The van der Waals surface area contributed by atoms with Gasteiger partial charge in [-0.3, -0.25) is 4.79 Å². The maximum Gasteiger partial charge on any atom is 0.293 e. The second-order valence-corrected chi connectivity index (χ2v) is 7.99. The Bertz CT molecular complexity index is 509. The first-order valence-electron chi connectivity index (χ1n) is 9.03. The van der Waals surface area contributed by atoms with Crippen molar-refractivity contribution < 1.29 is 14.3 Å². The third kappa shape index (κ3) is 3.00. The molecule has 3 aliphatic rings. The number of hydrogen-bond donors (Lipinski definition) is 0. The molecule has 23 heavy (non-hydrogen) atoms. The molecule has 3 nitrogen and oxygen atoms in total. The van der Waals surface area contributed by atoms with E-state index in [0.717, 1.165) is 24.7 Å². The van der Waals surface area contributed by atoms with Crippen LogP contribution in [0, 0.1) is 23.7 Å². The summed E-state index contributed by atoms with van der Waals surface area (Å²) in [6, 6.07) is 0. The topological polar surface area (TPSA) is 35.5 Å². The predicted octanol–water partition coefficient (Wildman–Crippen LogP) is 4.28. The highest BCUT2D eigenvalue weighted by Crippen LogP contribution is 2.57. The molecule has 1 saturated heterocycles. The van der Waals surface area contributed by atoms with Crippen molar-refractivity contribution in [3.8, 4) is 0 Å². The van der Waals surface area contributed by atoms with Gasteiger partial charge in [-0.15, -0.1) is 0 Å². The first kappa shape index (κ1) is 16.8. The molecule has 3 heteroatoms. The lowest BCUT2D eigenvalue weighted by Crippen LogP contribution is -2.47. The first-order chi connectivity index (χ1) is 11.0. The van der Waals surface area contributed by atoms with Crippen molar-refractivity contribution in [3.63, 3.8) is 0 Å². The zero-order chi connectivity index (χ0) is 16.6. The monoisotopic (exact) mass is 318 g/mol. The summed E-state index contributed by atoms with van der Waals surface area (Å²) in [7, 11) is 0.